The minimum absolute atomic E-state index is 0.377. The van der Waals surface area contributed by atoms with Gasteiger partial charge in [-0.25, -0.2) is 0 Å². The van der Waals surface area contributed by atoms with Crippen molar-refractivity contribution in [3.8, 4) is 0 Å². The molecular weight excluding hydrogens is 389 g/mol. The van der Waals surface area contributed by atoms with Crippen molar-refractivity contribution in [1.29, 1.82) is 0 Å². The maximum Gasteiger partial charge on any atom is 0.306 e. The predicted octanol–water partition coefficient (Wildman–Crippen LogP) is 4.70. The SMILES string of the molecule is CCCN1C(=O)[C@H](CC(=O)O)O[C@@H](c2ccccc2Cl)c2cc(Cl)ccc21. The van der Waals surface area contributed by atoms with Crippen molar-refractivity contribution in [3.63, 3.8) is 0 Å². The summed E-state index contributed by atoms with van der Waals surface area (Å²) in [7, 11) is 0. The lowest BCUT2D eigenvalue weighted by molar-refractivity contribution is -0.146. The van der Waals surface area contributed by atoms with Crippen molar-refractivity contribution in [2.45, 2.75) is 32.0 Å². The second-order valence-electron chi connectivity index (χ2n) is 6.32. The molecule has 1 amide bonds. The van der Waals surface area contributed by atoms with Gasteiger partial charge in [-0.3, -0.25) is 9.59 Å². The number of amides is 1. The topological polar surface area (TPSA) is 66.8 Å². The number of halogens is 2. The molecular formula is C20H19Cl2NO4. The zero-order valence-corrected chi connectivity index (χ0v) is 16.2. The van der Waals surface area contributed by atoms with Crippen LogP contribution in [0.2, 0.25) is 10.0 Å². The van der Waals surface area contributed by atoms with Crippen molar-refractivity contribution in [2.24, 2.45) is 0 Å². The van der Waals surface area contributed by atoms with Gasteiger partial charge in [0.2, 0.25) is 0 Å². The number of hydrogen-bond donors (Lipinski definition) is 1. The lowest BCUT2D eigenvalue weighted by Gasteiger charge is -2.24. The molecule has 1 aliphatic heterocycles. The molecule has 2 aromatic carbocycles. The lowest BCUT2D eigenvalue weighted by atomic mass is 9.99. The van der Waals surface area contributed by atoms with Gasteiger partial charge in [-0.1, -0.05) is 48.3 Å². The minimum Gasteiger partial charge on any atom is -0.481 e. The number of carboxylic acids is 1. The molecule has 142 valence electrons. The fraction of sp³-hybridized carbons (Fsp3) is 0.300. The van der Waals surface area contributed by atoms with Crippen molar-refractivity contribution in [1.82, 2.24) is 0 Å². The first kappa shape index (κ1) is 19.7. The van der Waals surface area contributed by atoms with E-state index in [9.17, 15) is 14.7 Å². The highest BCUT2D eigenvalue weighted by Crippen LogP contribution is 2.41. The highest BCUT2D eigenvalue weighted by atomic mass is 35.5. The van der Waals surface area contributed by atoms with Crippen molar-refractivity contribution in [2.75, 3.05) is 11.4 Å². The second kappa shape index (κ2) is 8.30. The zero-order valence-electron chi connectivity index (χ0n) is 14.7. The lowest BCUT2D eigenvalue weighted by Crippen LogP contribution is -2.40. The van der Waals surface area contributed by atoms with E-state index >= 15 is 0 Å². The van der Waals surface area contributed by atoms with Crippen LogP contribution < -0.4 is 4.90 Å². The standard InChI is InChI=1S/C20H19Cl2NO4/c1-2-9-23-16-8-7-12(21)10-14(16)19(13-5-3-4-6-15(13)22)27-17(20(23)26)11-18(24)25/h3-8,10,17,19H,2,9,11H2,1H3,(H,24,25)/t17-,19-/m0/s1. The molecule has 3 rings (SSSR count). The summed E-state index contributed by atoms with van der Waals surface area (Å²) in [5, 5.41) is 10.2. The van der Waals surface area contributed by atoms with Gasteiger partial charge in [-0.15, -0.1) is 0 Å². The Kier molecular flexibility index (Phi) is 6.05. The third-order valence-electron chi connectivity index (χ3n) is 4.40. The van der Waals surface area contributed by atoms with Gasteiger partial charge in [0.05, 0.1) is 6.42 Å². The van der Waals surface area contributed by atoms with Gasteiger partial charge in [0, 0.05) is 33.4 Å². The van der Waals surface area contributed by atoms with Crippen LogP contribution in [0.3, 0.4) is 0 Å². The predicted molar refractivity (Wildman–Crippen MR) is 105 cm³/mol. The molecule has 1 N–H and O–H groups in total. The highest BCUT2D eigenvalue weighted by molar-refractivity contribution is 6.31. The fourth-order valence-corrected chi connectivity index (χ4v) is 3.66. The van der Waals surface area contributed by atoms with Gasteiger partial charge in [0.25, 0.3) is 5.91 Å². The quantitative estimate of drug-likeness (QED) is 0.779. The molecule has 27 heavy (non-hydrogen) atoms. The zero-order chi connectivity index (χ0) is 19.6. The molecule has 0 radical (unpaired) electrons. The molecule has 0 saturated carbocycles. The number of aliphatic carboxylic acids is 1. The van der Waals surface area contributed by atoms with Crippen LogP contribution in [0.1, 0.15) is 37.0 Å². The van der Waals surface area contributed by atoms with E-state index < -0.39 is 24.6 Å². The number of carbonyl (C=O) groups is 2. The maximum atomic E-state index is 13.1. The molecule has 0 bridgehead atoms. The molecule has 7 heteroatoms. The first-order chi connectivity index (χ1) is 12.9. The average molecular weight is 408 g/mol. The first-order valence-corrected chi connectivity index (χ1v) is 9.40. The normalized spacial score (nSPS) is 19.5. The van der Waals surface area contributed by atoms with Crippen molar-refractivity contribution >= 4 is 40.8 Å². The van der Waals surface area contributed by atoms with E-state index in [1.54, 1.807) is 41.3 Å². The minimum atomic E-state index is -1.12. The number of hydrogen-bond acceptors (Lipinski definition) is 3. The summed E-state index contributed by atoms with van der Waals surface area (Å²) >= 11 is 12.6. The van der Waals surface area contributed by atoms with Gasteiger partial charge < -0.3 is 14.7 Å². The Morgan fingerprint density at radius 3 is 2.59 bits per heavy atom. The number of carboxylic acid groups (broad SMARTS) is 1. The van der Waals surface area contributed by atoms with Gasteiger partial charge in [-0.05, 0) is 30.7 Å². The number of ether oxygens (including phenoxy) is 1. The Balaban J connectivity index is 2.20. The van der Waals surface area contributed by atoms with E-state index in [1.165, 1.54) is 0 Å². The number of carbonyl (C=O) groups excluding carboxylic acids is 1. The smallest absolute Gasteiger partial charge is 0.306 e. The third-order valence-corrected chi connectivity index (χ3v) is 4.98. The van der Waals surface area contributed by atoms with Crippen LogP contribution in [0, 0.1) is 0 Å². The number of benzene rings is 2. The molecule has 5 nitrogen and oxygen atoms in total. The first-order valence-electron chi connectivity index (χ1n) is 8.64. The Morgan fingerprint density at radius 2 is 1.93 bits per heavy atom. The molecule has 0 fully saturated rings. The fourth-order valence-electron chi connectivity index (χ4n) is 3.25. The van der Waals surface area contributed by atoms with Gasteiger partial charge in [-0.2, -0.15) is 0 Å². The molecule has 0 unspecified atom stereocenters. The summed E-state index contributed by atoms with van der Waals surface area (Å²) in [5.74, 6) is -1.48. The Morgan fingerprint density at radius 1 is 1.19 bits per heavy atom. The summed E-state index contributed by atoms with van der Waals surface area (Å²) in [6, 6.07) is 12.4. The van der Waals surface area contributed by atoms with E-state index in [2.05, 4.69) is 0 Å². The summed E-state index contributed by atoms with van der Waals surface area (Å²) in [4.78, 5) is 26.0. The number of nitrogens with zero attached hydrogens (tertiary/aromatic N) is 1. The number of anilines is 1. The third kappa shape index (κ3) is 4.10. The summed E-state index contributed by atoms with van der Waals surface area (Å²) < 4.78 is 6.04. The molecule has 2 aromatic rings. The van der Waals surface area contributed by atoms with Crippen LogP contribution in [0.5, 0.6) is 0 Å². The summed E-state index contributed by atoms with van der Waals surface area (Å²) in [5.41, 5.74) is 2.00. The van der Waals surface area contributed by atoms with Gasteiger partial charge >= 0.3 is 5.97 Å². The monoisotopic (exact) mass is 407 g/mol. The van der Waals surface area contributed by atoms with Crippen LogP contribution in [0.15, 0.2) is 42.5 Å². The Bertz CT molecular complexity index is 871. The van der Waals surface area contributed by atoms with E-state index in [-0.39, 0.29) is 5.91 Å². The van der Waals surface area contributed by atoms with Crippen molar-refractivity contribution < 1.29 is 19.4 Å². The average Bonchev–Trinajstić information content (AvgIpc) is 2.72. The molecule has 0 aromatic heterocycles. The maximum absolute atomic E-state index is 13.1. The highest BCUT2D eigenvalue weighted by Gasteiger charge is 2.37. The molecule has 0 spiro atoms. The molecule has 1 heterocycles. The van der Waals surface area contributed by atoms with E-state index in [4.69, 9.17) is 27.9 Å². The van der Waals surface area contributed by atoms with Gasteiger partial charge in [0.15, 0.2) is 0 Å². The van der Waals surface area contributed by atoms with E-state index in [1.807, 2.05) is 13.0 Å². The Labute approximate surface area is 167 Å². The molecule has 0 saturated heterocycles. The Hall–Kier alpha value is -2.08. The van der Waals surface area contributed by atoms with Crippen LogP contribution >= 0.6 is 23.2 Å². The largest absolute Gasteiger partial charge is 0.481 e. The molecule has 1 aliphatic rings. The van der Waals surface area contributed by atoms with E-state index in [0.29, 0.717) is 39.8 Å². The molecule has 0 aliphatic carbocycles. The van der Waals surface area contributed by atoms with Gasteiger partial charge in [0.1, 0.15) is 12.2 Å². The molecule has 2 atom stereocenters. The number of rotatable bonds is 5. The number of fused-ring (bicyclic) bond motifs is 1. The van der Waals surface area contributed by atoms with Crippen LogP contribution in [0.4, 0.5) is 5.69 Å². The summed E-state index contributed by atoms with van der Waals surface area (Å²) in [6.45, 7) is 2.40. The van der Waals surface area contributed by atoms with Crippen LogP contribution in [-0.4, -0.2) is 29.6 Å². The van der Waals surface area contributed by atoms with Crippen molar-refractivity contribution in [3.05, 3.63) is 63.6 Å². The van der Waals surface area contributed by atoms with E-state index in [0.717, 1.165) is 0 Å². The summed E-state index contributed by atoms with van der Waals surface area (Å²) in [6.07, 6.45) is -1.55. The van der Waals surface area contributed by atoms with Crippen LogP contribution in [0.25, 0.3) is 0 Å². The van der Waals surface area contributed by atoms with Crippen LogP contribution in [-0.2, 0) is 14.3 Å². The second-order valence-corrected chi connectivity index (χ2v) is 7.16.